The van der Waals surface area contributed by atoms with Crippen LogP contribution in [0.5, 0.6) is 5.75 Å². The molecule has 1 amide bonds. The zero-order valence-corrected chi connectivity index (χ0v) is 11.6. The van der Waals surface area contributed by atoms with Gasteiger partial charge in [0, 0.05) is 11.6 Å². The largest absolute Gasteiger partial charge is 0.573 e. The summed E-state index contributed by atoms with van der Waals surface area (Å²) in [5, 5.41) is -0.174. The third-order valence-corrected chi connectivity index (χ3v) is 3.35. The van der Waals surface area contributed by atoms with Gasteiger partial charge < -0.3 is 9.64 Å². The lowest BCUT2D eigenvalue weighted by molar-refractivity contribution is -0.274. The summed E-state index contributed by atoms with van der Waals surface area (Å²) in [6.45, 7) is 0.249. The van der Waals surface area contributed by atoms with Crippen molar-refractivity contribution in [1.29, 1.82) is 0 Å². The highest BCUT2D eigenvalue weighted by Crippen LogP contribution is 2.39. The molecule has 1 heterocycles. The second-order valence-electron chi connectivity index (χ2n) is 4.64. The predicted molar refractivity (Wildman–Crippen MR) is 63.5 cm³/mol. The van der Waals surface area contributed by atoms with Gasteiger partial charge in [-0.15, -0.1) is 13.2 Å². The van der Waals surface area contributed by atoms with Gasteiger partial charge in [-0.25, -0.2) is 0 Å². The number of hydrogen-bond donors (Lipinski definition) is 0. The van der Waals surface area contributed by atoms with Crippen LogP contribution in [0, 0.1) is 0 Å². The van der Waals surface area contributed by atoms with Gasteiger partial charge in [0.05, 0.1) is 5.56 Å². The molecule has 0 saturated heterocycles. The molecule has 0 spiro atoms. The number of amides is 1. The van der Waals surface area contributed by atoms with Crippen molar-refractivity contribution >= 4 is 17.5 Å². The van der Waals surface area contributed by atoms with Crippen LogP contribution in [0.3, 0.4) is 0 Å². The van der Waals surface area contributed by atoms with Gasteiger partial charge in [0.1, 0.15) is 11.8 Å². The van der Waals surface area contributed by atoms with Crippen molar-refractivity contribution in [1.82, 2.24) is 4.90 Å². The minimum absolute atomic E-state index is 0.0483. The fraction of sp³-hybridized carbons (Fsp3) is 0.417. The number of rotatable bonds is 2. The van der Waals surface area contributed by atoms with E-state index in [-0.39, 0.29) is 10.6 Å². The molecule has 0 aliphatic carbocycles. The molecule has 1 aliphatic rings. The molecule has 122 valence electrons. The number of halogens is 7. The van der Waals surface area contributed by atoms with E-state index in [1.165, 1.54) is 0 Å². The second kappa shape index (κ2) is 5.22. The van der Waals surface area contributed by atoms with E-state index in [2.05, 4.69) is 4.74 Å². The van der Waals surface area contributed by atoms with Gasteiger partial charge >= 0.3 is 12.5 Å². The lowest BCUT2D eigenvalue weighted by atomic mass is 10.1. The van der Waals surface area contributed by atoms with Crippen LogP contribution in [0.25, 0.3) is 0 Å². The first-order chi connectivity index (χ1) is 9.90. The molecule has 2 rings (SSSR count). The number of ether oxygens (including phenoxy) is 1. The Morgan fingerprint density at radius 1 is 1.23 bits per heavy atom. The SMILES string of the molecule is C[C@H](N1Cc2cc(Cl)cc(OC(F)(F)F)c2C1=O)C(F)(F)F. The van der Waals surface area contributed by atoms with Gasteiger partial charge in [0.25, 0.3) is 5.91 Å². The third kappa shape index (κ3) is 3.23. The summed E-state index contributed by atoms with van der Waals surface area (Å²) in [6, 6.07) is -0.265. The average Bonchev–Trinajstić information content (AvgIpc) is 2.61. The maximum atomic E-state index is 12.7. The molecular weight excluding hydrogens is 340 g/mol. The first-order valence-electron chi connectivity index (χ1n) is 5.86. The van der Waals surface area contributed by atoms with E-state index < -0.39 is 42.3 Å². The van der Waals surface area contributed by atoms with Gasteiger partial charge in [-0.05, 0) is 24.6 Å². The smallest absolute Gasteiger partial charge is 0.405 e. The molecule has 0 N–H and O–H groups in total. The Labute approximate surface area is 125 Å². The summed E-state index contributed by atoms with van der Waals surface area (Å²) in [6.07, 6.45) is -9.80. The topological polar surface area (TPSA) is 29.5 Å². The van der Waals surface area contributed by atoms with Crippen LogP contribution in [0.15, 0.2) is 12.1 Å². The van der Waals surface area contributed by atoms with Crippen LogP contribution in [-0.4, -0.2) is 29.4 Å². The summed E-state index contributed by atoms with van der Waals surface area (Å²) in [5.74, 6) is -2.09. The van der Waals surface area contributed by atoms with Crippen LogP contribution in [-0.2, 0) is 6.54 Å². The minimum atomic E-state index is -5.10. The fourth-order valence-electron chi connectivity index (χ4n) is 2.10. The van der Waals surface area contributed by atoms with Crippen molar-refractivity contribution in [3.8, 4) is 5.75 Å². The van der Waals surface area contributed by atoms with Gasteiger partial charge in [0.15, 0.2) is 0 Å². The standard InChI is InChI=1S/C12H8ClF6NO2/c1-5(11(14,15)16)20-4-6-2-7(13)3-8(9(6)10(20)21)22-12(17,18)19/h2-3,5H,4H2,1H3/t5-/m0/s1. The summed E-state index contributed by atoms with van der Waals surface area (Å²) < 4.78 is 78.9. The summed E-state index contributed by atoms with van der Waals surface area (Å²) in [5.41, 5.74) is -0.606. The summed E-state index contributed by atoms with van der Waals surface area (Å²) in [4.78, 5) is 12.5. The fourth-order valence-corrected chi connectivity index (χ4v) is 2.33. The number of hydrogen-bond acceptors (Lipinski definition) is 2. The van der Waals surface area contributed by atoms with Gasteiger partial charge in [-0.3, -0.25) is 4.79 Å². The second-order valence-corrected chi connectivity index (χ2v) is 5.07. The van der Waals surface area contributed by atoms with Crippen LogP contribution < -0.4 is 4.74 Å². The summed E-state index contributed by atoms with van der Waals surface area (Å²) >= 11 is 5.62. The molecule has 1 atom stereocenters. The lowest BCUT2D eigenvalue weighted by Gasteiger charge is -2.26. The van der Waals surface area contributed by atoms with E-state index in [1.54, 1.807) is 0 Å². The van der Waals surface area contributed by atoms with E-state index in [0.717, 1.165) is 19.1 Å². The van der Waals surface area contributed by atoms with E-state index in [0.29, 0.717) is 4.90 Å². The molecule has 1 aromatic carbocycles. The Balaban J connectivity index is 2.43. The maximum absolute atomic E-state index is 12.7. The molecular formula is C12H8ClF6NO2. The molecule has 10 heteroatoms. The molecule has 0 unspecified atom stereocenters. The number of fused-ring (bicyclic) bond motifs is 1. The molecule has 0 fully saturated rings. The number of alkyl halides is 6. The average molecular weight is 348 g/mol. The van der Waals surface area contributed by atoms with Crippen LogP contribution in [0.2, 0.25) is 5.02 Å². The highest BCUT2D eigenvalue weighted by molar-refractivity contribution is 6.31. The lowest BCUT2D eigenvalue weighted by Crippen LogP contribution is -2.43. The van der Waals surface area contributed by atoms with E-state index in [1.807, 2.05) is 0 Å². The van der Waals surface area contributed by atoms with Gasteiger partial charge in [0.2, 0.25) is 0 Å². The maximum Gasteiger partial charge on any atom is 0.573 e. The first kappa shape index (κ1) is 16.7. The number of nitrogens with zero attached hydrogens (tertiary/aromatic N) is 1. The first-order valence-corrected chi connectivity index (χ1v) is 6.24. The van der Waals surface area contributed by atoms with E-state index in [4.69, 9.17) is 11.6 Å². The Morgan fingerprint density at radius 3 is 2.32 bits per heavy atom. The van der Waals surface area contributed by atoms with Crippen molar-refractivity contribution in [3.05, 3.63) is 28.3 Å². The molecule has 3 nitrogen and oxygen atoms in total. The van der Waals surface area contributed by atoms with E-state index >= 15 is 0 Å². The molecule has 1 aliphatic heterocycles. The Kier molecular flexibility index (Phi) is 3.97. The van der Waals surface area contributed by atoms with Gasteiger partial charge in [-0.2, -0.15) is 13.2 Å². The number of carbonyl (C=O) groups is 1. The van der Waals surface area contributed by atoms with Crippen LogP contribution in [0.1, 0.15) is 22.8 Å². The van der Waals surface area contributed by atoms with Crippen LogP contribution >= 0.6 is 11.6 Å². The Morgan fingerprint density at radius 2 is 1.82 bits per heavy atom. The zero-order chi connectivity index (χ0) is 16.9. The van der Waals surface area contributed by atoms with Crippen molar-refractivity contribution in [3.63, 3.8) is 0 Å². The molecule has 0 radical (unpaired) electrons. The van der Waals surface area contributed by atoms with Crippen LogP contribution in [0.4, 0.5) is 26.3 Å². The molecule has 0 saturated carbocycles. The molecule has 22 heavy (non-hydrogen) atoms. The predicted octanol–water partition coefficient (Wildman–Crippen LogP) is 4.15. The van der Waals surface area contributed by atoms with Gasteiger partial charge in [-0.1, -0.05) is 11.6 Å². The van der Waals surface area contributed by atoms with Crippen molar-refractivity contribution < 1.29 is 35.9 Å². The Bertz CT molecular complexity index is 613. The quantitative estimate of drug-likeness (QED) is 0.752. The highest BCUT2D eigenvalue weighted by atomic mass is 35.5. The van der Waals surface area contributed by atoms with Crippen molar-refractivity contribution in [2.45, 2.75) is 32.0 Å². The number of benzene rings is 1. The number of carbonyl (C=O) groups excluding carboxylic acids is 1. The normalized spacial score (nSPS) is 16.7. The third-order valence-electron chi connectivity index (χ3n) is 3.13. The zero-order valence-electron chi connectivity index (χ0n) is 10.8. The molecule has 1 aromatic rings. The Hall–Kier alpha value is -1.64. The van der Waals surface area contributed by atoms with Crippen molar-refractivity contribution in [2.75, 3.05) is 0 Å². The molecule has 0 aromatic heterocycles. The minimum Gasteiger partial charge on any atom is -0.405 e. The highest BCUT2D eigenvalue weighted by Gasteiger charge is 2.46. The summed E-state index contributed by atoms with van der Waals surface area (Å²) in [7, 11) is 0. The van der Waals surface area contributed by atoms with E-state index in [9.17, 15) is 31.1 Å². The monoisotopic (exact) mass is 347 g/mol. The molecule has 0 bridgehead atoms. The van der Waals surface area contributed by atoms with Crippen molar-refractivity contribution in [2.24, 2.45) is 0 Å².